The van der Waals surface area contributed by atoms with Crippen LogP contribution in [0.4, 0.5) is 5.82 Å². The van der Waals surface area contributed by atoms with E-state index in [9.17, 15) is 9.59 Å². The van der Waals surface area contributed by atoms with E-state index in [1.54, 1.807) is 0 Å². The van der Waals surface area contributed by atoms with E-state index in [1.165, 1.54) is 27.6 Å². The molecule has 0 atom stereocenters. The van der Waals surface area contributed by atoms with Gasteiger partial charge in [-0.3, -0.25) is 9.59 Å². The molecule has 0 aliphatic heterocycles. The van der Waals surface area contributed by atoms with Crippen LogP contribution in [-0.4, -0.2) is 28.5 Å². The summed E-state index contributed by atoms with van der Waals surface area (Å²) in [5.74, 6) is -0.693. The molecule has 1 aliphatic carbocycles. The van der Waals surface area contributed by atoms with Gasteiger partial charge in [0.15, 0.2) is 0 Å². The molecule has 3 rings (SSSR count). The number of nitrogens with zero attached hydrogens (tertiary/aromatic N) is 2. The molecule has 0 unspecified atom stereocenters. The predicted octanol–water partition coefficient (Wildman–Crippen LogP) is 2.80. The molecule has 2 heterocycles. The Kier molecular flexibility index (Phi) is 7.12. The second-order valence-corrected chi connectivity index (χ2v) is 7.67. The number of nitriles is 1. The molecule has 0 saturated heterocycles. The number of anilines is 1. The number of hydrogen-bond donors (Lipinski definition) is 3. The number of nitrogens with one attached hydrogen (secondary N) is 1. The van der Waals surface area contributed by atoms with Crippen molar-refractivity contribution in [3.05, 3.63) is 31.3 Å². The van der Waals surface area contributed by atoms with Crippen LogP contribution in [0.5, 0.6) is 0 Å². The summed E-state index contributed by atoms with van der Waals surface area (Å²) in [5.41, 5.74) is 6.81. The Bertz CT molecular complexity index is 836. The summed E-state index contributed by atoms with van der Waals surface area (Å²) in [5, 5.41) is 22.8. The standard InChI is InChI=1S/C10H10N2OS.C7H10N2O2S/c11-5-7-6-3-1-2-4-8(6)14-9(7)10(12)13;1-2-6-9-5(4-12-6)8-3-7(10)11/h1-4H2,(H2,12,13);4,8H,2-3H2,1H3,(H,10,11). The van der Waals surface area contributed by atoms with Crippen molar-refractivity contribution in [1.29, 1.82) is 5.26 Å². The first kappa shape index (κ1) is 19.9. The Balaban J connectivity index is 0.000000190. The first-order valence-electron chi connectivity index (χ1n) is 8.20. The van der Waals surface area contributed by atoms with E-state index in [2.05, 4.69) is 16.4 Å². The van der Waals surface area contributed by atoms with Crippen LogP contribution in [0.15, 0.2) is 5.38 Å². The van der Waals surface area contributed by atoms with E-state index in [-0.39, 0.29) is 6.54 Å². The third-order valence-electron chi connectivity index (χ3n) is 3.78. The number of carbonyl (C=O) groups is 2. The van der Waals surface area contributed by atoms with Gasteiger partial charge in [0.2, 0.25) is 0 Å². The first-order chi connectivity index (χ1) is 12.5. The van der Waals surface area contributed by atoms with Gasteiger partial charge in [0.25, 0.3) is 5.91 Å². The second kappa shape index (κ2) is 9.31. The van der Waals surface area contributed by atoms with Crippen molar-refractivity contribution in [3.8, 4) is 6.07 Å². The van der Waals surface area contributed by atoms with Gasteiger partial charge in [-0.2, -0.15) is 5.26 Å². The van der Waals surface area contributed by atoms with Crippen molar-refractivity contribution < 1.29 is 14.7 Å². The lowest BCUT2D eigenvalue weighted by Crippen LogP contribution is -2.12. The zero-order valence-electron chi connectivity index (χ0n) is 14.4. The average molecular weight is 393 g/mol. The lowest BCUT2D eigenvalue weighted by molar-refractivity contribution is -0.134. The third-order valence-corrected chi connectivity index (χ3v) is 6.08. The summed E-state index contributed by atoms with van der Waals surface area (Å²) in [6.45, 7) is 1.94. The molecule has 26 heavy (non-hydrogen) atoms. The number of aliphatic carboxylic acids is 1. The lowest BCUT2D eigenvalue weighted by atomic mass is 9.95. The molecule has 0 fully saturated rings. The van der Waals surface area contributed by atoms with E-state index >= 15 is 0 Å². The number of carbonyl (C=O) groups excluding carboxylic acids is 1. The molecule has 1 aliphatic rings. The van der Waals surface area contributed by atoms with Crippen molar-refractivity contribution in [2.24, 2.45) is 5.73 Å². The van der Waals surface area contributed by atoms with Gasteiger partial charge in [0.1, 0.15) is 23.3 Å². The normalized spacial score (nSPS) is 12.3. The molecule has 0 aromatic carbocycles. The Morgan fingerprint density at radius 2 is 2.15 bits per heavy atom. The van der Waals surface area contributed by atoms with Crippen molar-refractivity contribution in [1.82, 2.24) is 4.98 Å². The number of nitrogens with two attached hydrogens (primary N) is 1. The minimum absolute atomic E-state index is 0.0765. The van der Waals surface area contributed by atoms with Gasteiger partial charge >= 0.3 is 5.97 Å². The molecule has 0 bridgehead atoms. The highest BCUT2D eigenvalue weighted by molar-refractivity contribution is 7.14. The highest BCUT2D eigenvalue weighted by atomic mass is 32.1. The van der Waals surface area contributed by atoms with Crippen LogP contribution < -0.4 is 11.1 Å². The molecule has 9 heteroatoms. The van der Waals surface area contributed by atoms with Crippen LogP contribution in [0.3, 0.4) is 0 Å². The fourth-order valence-corrected chi connectivity index (χ4v) is 4.47. The van der Waals surface area contributed by atoms with Crippen molar-refractivity contribution in [2.75, 3.05) is 11.9 Å². The van der Waals surface area contributed by atoms with Crippen LogP contribution in [0.25, 0.3) is 0 Å². The number of thiophene rings is 1. The summed E-state index contributed by atoms with van der Waals surface area (Å²) in [6, 6.07) is 2.09. The minimum Gasteiger partial charge on any atom is -0.480 e. The molecular formula is C17H20N4O3S2. The third kappa shape index (κ3) is 5.03. The smallest absolute Gasteiger partial charge is 0.322 e. The lowest BCUT2D eigenvalue weighted by Gasteiger charge is -2.09. The van der Waals surface area contributed by atoms with E-state index in [1.807, 2.05) is 12.3 Å². The number of hydrogen-bond acceptors (Lipinski definition) is 7. The van der Waals surface area contributed by atoms with Gasteiger partial charge in [-0.1, -0.05) is 6.92 Å². The summed E-state index contributed by atoms with van der Waals surface area (Å²) in [6.07, 6.45) is 5.05. The second-order valence-electron chi connectivity index (χ2n) is 5.62. The molecule has 0 radical (unpaired) electrons. The maximum atomic E-state index is 11.1. The van der Waals surface area contributed by atoms with Crippen molar-refractivity contribution in [2.45, 2.75) is 39.0 Å². The summed E-state index contributed by atoms with van der Waals surface area (Å²) in [4.78, 5) is 27.0. The summed E-state index contributed by atoms with van der Waals surface area (Å²) in [7, 11) is 0. The van der Waals surface area contributed by atoms with E-state index in [4.69, 9.17) is 16.1 Å². The van der Waals surface area contributed by atoms with Crippen molar-refractivity contribution >= 4 is 40.4 Å². The number of fused-ring (bicyclic) bond motifs is 1. The highest BCUT2D eigenvalue weighted by Crippen LogP contribution is 2.33. The highest BCUT2D eigenvalue weighted by Gasteiger charge is 2.22. The molecule has 0 saturated carbocycles. The summed E-state index contributed by atoms with van der Waals surface area (Å²) < 4.78 is 0. The Hall–Kier alpha value is -2.44. The van der Waals surface area contributed by atoms with Gasteiger partial charge in [0, 0.05) is 10.3 Å². The number of carboxylic acids is 1. The number of aromatic nitrogens is 1. The first-order valence-corrected chi connectivity index (χ1v) is 9.90. The topological polar surface area (TPSA) is 129 Å². The van der Waals surface area contributed by atoms with Gasteiger partial charge in [-0.05, 0) is 37.7 Å². The Morgan fingerprint density at radius 1 is 1.42 bits per heavy atom. The minimum atomic E-state index is -0.874. The van der Waals surface area contributed by atoms with Crippen LogP contribution in [0.1, 0.15) is 50.4 Å². The predicted molar refractivity (Wildman–Crippen MR) is 102 cm³/mol. The number of primary amides is 1. The van der Waals surface area contributed by atoms with Gasteiger partial charge in [0.05, 0.1) is 10.6 Å². The van der Waals surface area contributed by atoms with Gasteiger partial charge in [-0.25, -0.2) is 4.98 Å². The zero-order valence-corrected chi connectivity index (χ0v) is 16.0. The number of carboxylic acid groups (broad SMARTS) is 1. The number of thiazole rings is 1. The SMILES string of the molecule is CCc1nc(NCC(=O)O)cs1.N#Cc1c(C(N)=O)sc2c1CCCC2. The average Bonchev–Trinajstić information content (AvgIpc) is 3.24. The molecule has 0 spiro atoms. The van der Waals surface area contributed by atoms with Gasteiger partial charge < -0.3 is 16.2 Å². The van der Waals surface area contributed by atoms with Crippen LogP contribution in [0, 0.1) is 11.3 Å². The molecule has 1 amide bonds. The quantitative estimate of drug-likeness (QED) is 0.717. The zero-order chi connectivity index (χ0) is 19.1. The maximum absolute atomic E-state index is 11.1. The van der Waals surface area contributed by atoms with Crippen LogP contribution in [0.2, 0.25) is 0 Å². The van der Waals surface area contributed by atoms with E-state index in [0.717, 1.165) is 42.7 Å². The van der Waals surface area contributed by atoms with E-state index < -0.39 is 11.9 Å². The molecular weight excluding hydrogens is 372 g/mol. The molecule has 4 N–H and O–H groups in total. The van der Waals surface area contributed by atoms with Gasteiger partial charge in [-0.15, -0.1) is 22.7 Å². The number of amides is 1. The van der Waals surface area contributed by atoms with Crippen molar-refractivity contribution in [3.63, 3.8) is 0 Å². The maximum Gasteiger partial charge on any atom is 0.322 e. The fourth-order valence-electron chi connectivity index (χ4n) is 2.58. The Morgan fingerprint density at radius 3 is 2.73 bits per heavy atom. The molecule has 7 nitrogen and oxygen atoms in total. The number of rotatable bonds is 5. The van der Waals surface area contributed by atoms with Crippen LogP contribution >= 0.6 is 22.7 Å². The van der Waals surface area contributed by atoms with E-state index in [0.29, 0.717) is 16.3 Å². The monoisotopic (exact) mass is 392 g/mol. The molecule has 2 aromatic heterocycles. The molecule has 138 valence electrons. The molecule has 2 aromatic rings. The number of aryl methyl sites for hydroxylation is 2. The fraction of sp³-hybridized carbons (Fsp3) is 0.412. The largest absolute Gasteiger partial charge is 0.480 e. The Labute approximate surface area is 159 Å². The summed E-state index contributed by atoms with van der Waals surface area (Å²) >= 11 is 2.93. The van der Waals surface area contributed by atoms with Crippen LogP contribution in [-0.2, 0) is 24.1 Å².